The van der Waals surface area contributed by atoms with Crippen LogP contribution < -0.4 is 10.6 Å². The fraction of sp³-hybridized carbons (Fsp3) is 0.600. The first-order valence-corrected chi connectivity index (χ1v) is 5.73. The van der Waals surface area contributed by atoms with Gasteiger partial charge in [0.25, 0.3) is 0 Å². The highest BCUT2D eigenvalue weighted by molar-refractivity contribution is 5.73. The van der Waals surface area contributed by atoms with Crippen molar-refractivity contribution in [3.05, 3.63) is 12.2 Å². The minimum atomic E-state index is -0.867. The van der Waals surface area contributed by atoms with Crippen LogP contribution in [0.3, 0.4) is 0 Å². The number of aliphatic carboxylic acids is 1. The molecule has 18 heavy (non-hydrogen) atoms. The maximum absolute atomic E-state index is 11.4. The molecule has 2 amide bonds. The van der Waals surface area contributed by atoms with Gasteiger partial charge in [-0.3, -0.25) is 4.79 Å². The van der Waals surface area contributed by atoms with Crippen molar-refractivity contribution in [1.82, 2.24) is 25.4 Å². The number of hydrogen-bond acceptors (Lipinski definition) is 4. The lowest BCUT2D eigenvalue weighted by atomic mass is 10.3. The molecule has 0 aliphatic heterocycles. The maximum Gasteiger partial charge on any atom is 0.315 e. The van der Waals surface area contributed by atoms with Crippen molar-refractivity contribution in [2.45, 2.75) is 32.9 Å². The second-order valence-electron chi connectivity index (χ2n) is 3.64. The van der Waals surface area contributed by atoms with Gasteiger partial charge in [-0.1, -0.05) is 0 Å². The molecule has 0 aliphatic rings. The standard InChI is InChI=1S/C10H17N5O3/c1-2-15-7-13-14-8(15)6-12-10(18)11-5-3-4-9(16)17/h7H,2-6H2,1H3,(H,16,17)(H2,11,12,18). The van der Waals surface area contributed by atoms with E-state index in [1.54, 1.807) is 6.33 Å². The van der Waals surface area contributed by atoms with Gasteiger partial charge in [0, 0.05) is 19.5 Å². The molecule has 1 aromatic rings. The van der Waals surface area contributed by atoms with Crippen LogP contribution in [-0.4, -0.2) is 38.4 Å². The highest BCUT2D eigenvalue weighted by Gasteiger charge is 2.05. The van der Waals surface area contributed by atoms with E-state index in [-0.39, 0.29) is 12.5 Å². The number of carboxylic acids is 1. The van der Waals surface area contributed by atoms with Crippen molar-refractivity contribution < 1.29 is 14.7 Å². The highest BCUT2D eigenvalue weighted by Crippen LogP contribution is 1.93. The van der Waals surface area contributed by atoms with Gasteiger partial charge in [-0.2, -0.15) is 0 Å². The summed E-state index contributed by atoms with van der Waals surface area (Å²) < 4.78 is 1.82. The first kappa shape index (κ1) is 13.9. The zero-order valence-electron chi connectivity index (χ0n) is 10.2. The van der Waals surface area contributed by atoms with Gasteiger partial charge in [-0.25, -0.2) is 4.79 Å². The second kappa shape index (κ2) is 7.25. The van der Waals surface area contributed by atoms with Crippen LogP contribution in [0.5, 0.6) is 0 Å². The lowest BCUT2D eigenvalue weighted by molar-refractivity contribution is -0.137. The molecule has 3 N–H and O–H groups in total. The third-order valence-electron chi connectivity index (χ3n) is 2.30. The zero-order chi connectivity index (χ0) is 13.4. The lowest BCUT2D eigenvalue weighted by Crippen LogP contribution is -2.36. The Balaban J connectivity index is 2.19. The molecule has 1 aromatic heterocycles. The molecule has 0 aromatic carbocycles. The van der Waals surface area contributed by atoms with Crippen molar-refractivity contribution in [1.29, 1.82) is 0 Å². The summed E-state index contributed by atoms with van der Waals surface area (Å²) >= 11 is 0. The summed E-state index contributed by atoms with van der Waals surface area (Å²) in [5.74, 6) is -0.188. The molecule has 0 fully saturated rings. The Morgan fingerprint density at radius 3 is 2.89 bits per heavy atom. The molecule has 0 aliphatic carbocycles. The number of urea groups is 1. The van der Waals surface area contributed by atoms with Gasteiger partial charge in [0.1, 0.15) is 6.33 Å². The normalized spacial score (nSPS) is 10.1. The predicted molar refractivity (Wildman–Crippen MR) is 62.8 cm³/mol. The number of carboxylic acid groups (broad SMARTS) is 1. The first-order valence-electron chi connectivity index (χ1n) is 5.73. The van der Waals surface area contributed by atoms with Gasteiger partial charge < -0.3 is 20.3 Å². The maximum atomic E-state index is 11.4. The number of nitrogens with zero attached hydrogens (tertiary/aromatic N) is 3. The van der Waals surface area contributed by atoms with E-state index in [2.05, 4.69) is 20.8 Å². The summed E-state index contributed by atoms with van der Waals surface area (Å²) in [5.41, 5.74) is 0. The number of carbonyl (C=O) groups excluding carboxylic acids is 1. The molecular formula is C10H17N5O3. The van der Waals surface area contributed by atoms with Crippen LogP contribution in [0.15, 0.2) is 6.33 Å². The molecule has 8 heteroatoms. The number of aromatic nitrogens is 3. The Morgan fingerprint density at radius 2 is 2.22 bits per heavy atom. The summed E-state index contributed by atoms with van der Waals surface area (Å²) in [6.45, 7) is 3.32. The Bertz CT molecular complexity index is 404. The van der Waals surface area contributed by atoms with Crippen LogP contribution in [-0.2, 0) is 17.9 Å². The SMILES string of the molecule is CCn1cnnc1CNC(=O)NCCCC(=O)O. The van der Waals surface area contributed by atoms with E-state index in [1.807, 2.05) is 11.5 Å². The van der Waals surface area contributed by atoms with Crippen molar-refractivity contribution in [2.24, 2.45) is 0 Å². The van der Waals surface area contributed by atoms with Gasteiger partial charge in [-0.15, -0.1) is 10.2 Å². The molecule has 0 unspecified atom stereocenters. The molecule has 0 bridgehead atoms. The van der Waals surface area contributed by atoms with Crippen LogP contribution in [0.25, 0.3) is 0 Å². The molecule has 0 saturated heterocycles. The van der Waals surface area contributed by atoms with Crippen molar-refractivity contribution in [3.63, 3.8) is 0 Å². The van der Waals surface area contributed by atoms with E-state index in [0.29, 0.717) is 25.3 Å². The summed E-state index contributed by atoms with van der Waals surface area (Å²) in [7, 11) is 0. The fourth-order valence-corrected chi connectivity index (χ4v) is 1.34. The minimum absolute atomic E-state index is 0.0461. The van der Waals surface area contributed by atoms with E-state index in [4.69, 9.17) is 5.11 Å². The molecule has 0 spiro atoms. The highest BCUT2D eigenvalue weighted by atomic mass is 16.4. The third-order valence-corrected chi connectivity index (χ3v) is 2.30. The van der Waals surface area contributed by atoms with Gasteiger partial charge in [0.2, 0.25) is 0 Å². The van der Waals surface area contributed by atoms with Crippen LogP contribution in [0.4, 0.5) is 4.79 Å². The number of aryl methyl sites for hydroxylation is 1. The molecule has 8 nitrogen and oxygen atoms in total. The first-order chi connectivity index (χ1) is 8.63. The fourth-order valence-electron chi connectivity index (χ4n) is 1.34. The average molecular weight is 255 g/mol. The predicted octanol–water partition coefficient (Wildman–Crippen LogP) is -0.0380. The molecule has 0 saturated carbocycles. The largest absolute Gasteiger partial charge is 0.481 e. The Labute approximate surface area is 104 Å². The number of amides is 2. The van der Waals surface area contributed by atoms with Crippen LogP contribution in [0.2, 0.25) is 0 Å². The van der Waals surface area contributed by atoms with Crippen molar-refractivity contribution in [2.75, 3.05) is 6.54 Å². The monoisotopic (exact) mass is 255 g/mol. The molecule has 1 rings (SSSR count). The molecule has 0 radical (unpaired) electrons. The van der Waals surface area contributed by atoms with Crippen LogP contribution >= 0.6 is 0 Å². The lowest BCUT2D eigenvalue weighted by Gasteiger charge is -2.07. The molecule has 0 atom stereocenters. The van der Waals surface area contributed by atoms with Gasteiger partial charge >= 0.3 is 12.0 Å². The van der Waals surface area contributed by atoms with E-state index in [9.17, 15) is 9.59 Å². The van der Waals surface area contributed by atoms with Crippen LogP contribution in [0, 0.1) is 0 Å². The summed E-state index contributed by atoms with van der Waals surface area (Å²) in [5, 5.41) is 21.2. The Hall–Kier alpha value is -2.12. The number of carbonyl (C=O) groups is 2. The van der Waals surface area contributed by atoms with Crippen LogP contribution in [0.1, 0.15) is 25.6 Å². The van der Waals surface area contributed by atoms with E-state index in [1.165, 1.54) is 0 Å². The second-order valence-corrected chi connectivity index (χ2v) is 3.64. The molecule has 100 valence electrons. The zero-order valence-corrected chi connectivity index (χ0v) is 10.2. The van der Waals surface area contributed by atoms with Crippen molar-refractivity contribution in [3.8, 4) is 0 Å². The average Bonchev–Trinajstić information content (AvgIpc) is 2.79. The minimum Gasteiger partial charge on any atom is -0.481 e. The third kappa shape index (κ3) is 4.81. The van der Waals surface area contributed by atoms with Gasteiger partial charge in [0.15, 0.2) is 5.82 Å². The number of nitrogens with one attached hydrogen (secondary N) is 2. The summed E-state index contributed by atoms with van der Waals surface area (Å²) in [6, 6.07) is -0.342. The summed E-state index contributed by atoms with van der Waals surface area (Å²) in [6.07, 6.45) is 2.06. The van der Waals surface area contributed by atoms with E-state index >= 15 is 0 Å². The smallest absolute Gasteiger partial charge is 0.315 e. The Kier molecular flexibility index (Phi) is 5.62. The number of hydrogen-bond donors (Lipinski definition) is 3. The van der Waals surface area contributed by atoms with E-state index in [0.717, 1.165) is 6.54 Å². The van der Waals surface area contributed by atoms with E-state index < -0.39 is 5.97 Å². The quantitative estimate of drug-likeness (QED) is 0.592. The number of rotatable bonds is 7. The molecular weight excluding hydrogens is 238 g/mol. The molecule has 1 heterocycles. The topological polar surface area (TPSA) is 109 Å². The van der Waals surface area contributed by atoms with Gasteiger partial charge in [-0.05, 0) is 13.3 Å². The summed E-state index contributed by atoms with van der Waals surface area (Å²) in [4.78, 5) is 21.6. The Morgan fingerprint density at radius 1 is 1.44 bits per heavy atom. The van der Waals surface area contributed by atoms with Crippen molar-refractivity contribution >= 4 is 12.0 Å². The van der Waals surface area contributed by atoms with Gasteiger partial charge in [0.05, 0.1) is 6.54 Å².